The van der Waals surface area contributed by atoms with Crippen molar-refractivity contribution < 1.29 is 18.3 Å². The third-order valence-electron chi connectivity index (χ3n) is 7.31. The van der Waals surface area contributed by atoms with Crippen molar-refractivity contribution in [1.82, 2.24) is 9.21 Å². The molecule has 34 heavy (non-hydrogen) atoms. The average Bonchev–Trinajstić information content (AvgIpc) is 3.67. The Kier molecular flexibility index (Phi) is 6.67. The van der Waals surface area contributed by atoms with Crippen LogP contribution in [-0.2, 0) is 10.0 Å². The lowest BCUT2D eigenvalue weighted by Crippen LogP contribution is -2.67. The zero-order valence-electron chi connectivity index (χ0n) is 19.6. The van der Waals surface area contributed by atoms with Crippen LogP contribution in [0.3, 0.4) is 0 Å². The summed E-state index contributed by atoms with van der Waals surface area (Å²) in [4.78, 5) is 2.55. The van der Waals surface area contributed by atoms with E-state index in [9.17, 15) is 13.5 Å². The molecule has 0 amide bonds. The monoisotopic (exact) mass is 480 g/mol. The third kappa shape index (κ3) is 4.60. The molecule has 3 fully saturated rings. The van der Waals surface area contributed by atoms with E-state index in [2.05, 4.69) is 41.0 Å². The highest BCUT2D eigenvalue weighted by atomic mass is 32.2. The molecule has 3 atom stereocenters. The summed E-state index contributed by atoms with van der Waals surface area (Å²) in [5.41, 5.74) is 2.14. The van der Waals surface area contributed by atoms with Crippen molar-refractivity contribution in [1.29, 1.82) is 0 Å². The van der Waals surface area contributed by atoms with Crippen molar-refractivity contribution >= 4 is 10.0 Å². The molecular weight excluding hydrogens is 448 g/mol. The van der Waals surface area contributed by atoms with Crippen LogP contribution >= 0.6 is 0 Å². The summed E-state index contributed by atoms with van der Waals surface area (Å²) in [6, 6.07) is 15.0. The molecule has 0 radical (unpaired) electrons. The maximum atomic E-state index is 13.6. The van der Waals surface area contributed by atoms with E-state index in [0.29, 0.717) is 24.8 Å². The van der Waals surface area contributed by atoms with Crippen molar-refractivity contribution in [2.45, 2.75) is 48.6 Å². The molecular formula is C27H32N2O4S. The van der Waals surface area contributed by atoms with Gasteiger partial charge in [-0.1, -0.05) is 30.0 Å². The van der Waals surface area contributed by atoms with Gasteiger partial charge in [-0.05, 0) is 62.1 Å². The van der Waals surface area contributed by atoms with E-state index < -0.39 is 10.0 Å². The number of hydrogen-bond donors (Lipinski definition) is 1. The van der Waals surface area contributed by atoms with Gasteiger partial charge >= 0.3 is 0 Å². The van der Waals surface area contributed by atoms with Gasteiger partial charge in [0.15, 0.2) is 0 Å². The van der Waals surface area contributed by atoms with E-state index in [1.165, 1.54) is 20.0 Å². The van der Waals surface area contributed by atoms with Crippen molar-refractivity contribution in [2.75, 3.05) is 33.4 Å². The lowest BCUT2D eigenvalue weighted by molar-refractivity contribution is -0.0553. The highest BCUT2D eigenvalue weighted by Gasteiger charge is 2.50. The van der Waals surface area contributed by atoms with Gasteiger partial charge in [0.1, 0.15) is 5.75 Å². The topological polar surface area (TPSA) is 70.1 Å². The third-order valence-corrected chi connectivity index (χ3v) is 9.17. The summed E-state index contributed by atoms with van der Waals surface area (Å²) in [6.45, 7) is 1.84. The summed E-state index contributed by atoms with van der Waals surface area (Å²) in [5.74, 6) is 7.72. The first-order valence-corrected chi connectivity index (χ1v) is 13.6. The molecule has 1 saturated carbocycles. The van der Waals surface area contributed by atoms with Gasteiger partial charge in [-0.3, -0.25) is 4.90 Å². The van der Waals surface area contributed by atoms with Crippen LogP contribution in [0.4, 0.5) is 0 Å². The fourth-order valence-electron chi connectivity index (χ4n) is 5.24. The van der Waals surface area contributed by atoms with E-state index in [-0.39, 0.29) is 29.5 Å². The first kappa shape index (κ1) is 23.4. The first-order chi connectivity index (χ1) is 16.5. The molecule has 2 aliphatic heterocycles. The predicted molar refractivity (Wildman–Crippen MR) is 131 cm³/mol. The summed E-state index contributed by atoms with van der Waals surface area (Å²) in [7, 11) is -2.12. The molecule has 2 heterocycles. The minimum atomic E-state index is -3.66. The number of benzene rings is 2. The van der Waals surface area contributed by atoms with E-state index in [0.717, 1.165) is 30.5 Å². The Morgan fingerprint density at radius 1 is 1.09 bits per heavy atom. The van der Waals surface area contributed by atoms with Gasteiger partial charge in [0.25, 0.3) is 0 Å². The fourth-order valence-corrected chi connectivity index (χ4v) is 6.77. The molecule has 3 aliphatic rings. The maximum Gasteiger partial charge on any atom is 0.243 e. The lowest BCUT2D eigenvalue weighted by Gasteiger charge is -2.57. The molecule has 1 N–H and O–H groups in total. The molecule has 2 aromatic rings. The Balaban J connectivity index is 1.40. The number of hydrogen-bond acceptors (Lipinski definition) is 5. The molecule has 1 aliphatic carbocycles. The smallest absolute Gasteiger partial charge is 0.243 e. The van der Waals surface area contributed by atoms with Crippen LogP contribution in [0.25, 0.3) is 0 Å². The quantitative estimate of drug-likeness (QED) is 0.666. The molecule has 0 unspecified atom stereocenters. The second-order valence-corrected chi connectivity index (χ2v) is 11.4. The Morgan fingerprint density at radius 2 is 1.85 bits per heavy atom. The molecule has 2 saturated heterocycles. The van der Waals surface area contributed by atoms with Gasteiger partial charge < -0.3 is 9.84 Å². The Bertz CT molecular complexity index is 1180. The average molecular weight is 481 g/mol. The minimum absolute atomic E-state index is 0.00729. The van der Waals surface area contributed by atoms with Crippen molar-refractivity contribution in [3.8, 4) is 17.6 Å². The Hall–Kier alpha value is -2.37. The molecule has 0 aromatic heterocycles. The zero-order valence-corrected chi connectivity index (χ0v) is 20.4. The predicted octanol–water partition coefficient (Wildman–Crippen LogP) is 3.07. The number of methoxy groups -OCH3 is 1. The Morgan fingerprint density at radius 3 is 2.56 bits per heavy atom. The number of aliphatic hydroxyl groups is 1. The van der Waals surface area contributed by atoms with Gasteiger partial charge in [-0.15, -0.1) is 0 Å². The van der Waals surface area contributed by atoms with E-state index in [1.54, 1.807) is 28.6 Å². The molecule has 7 heteroatoms. The molecule has 0 bridgehead atoms. The largest absolute Gasteiger partial charge is 0.497 e. The normalized spacial score (nSPS) is 25.8. The van der Waals surface area contributed by atoms with Gasteiger partial charge in [0, 0.05) is 48.6 Å². The number of aliphatic hydroxyl groups excluding tert-OH is 1. The van der Waals surface area contributed by atoms with Gasteiger partial charge in [-0.2, -0.15) is 4.31 Å². The van der Waals surface area contributed by atoms with Crippen LogP contribution < -0.4 is 4.74 Å². The first-order valence-electron chi connectivity index (χ1n) is 12.1. The second kappa shape index (κ2) is 9.71. The van der Waals surface area contributed by atoms with Crippen molar-refractivity contribution in [3.63, 3.8) is 0 Å². The van der Waals surface area contributed by atoms with Crippen LogP contribution in [0, 0.1) is 17.8 Å². The van der Waals surface area contributed by atoms with Gasteiger partial charge in [-0.25, -0.2) is 8.42 Å². The summed E-state index contributed by atoms with van der Waals surface area (Å²) < 4.78 is 34.0. The van der Waals surface area contributed by atoms with Crippen LogP contribution in [0.5, 0.6) is 5.75 Å². The molecule has 180 valence electrons. The van der Waals surface area contributed by atoms with Crippen LogP contribution in [-0.4, -0.2) is 68.2 Å². The van der Waals surface area contributed by atoms with Crippen molar-refractivity contribution in [2.24, 2.45) is 5.92 Å². The lowest BCUT2D eigenvalue weighted by atomic mass is 9.74. The van der Waals surface area contributed by atoms with Crippen LogP contribution in [0.15, 0.2) is 53.4 Å². The summed E-state index contributed by atoms with van der Waals surface area (Å²) >= 11 is 0. The van der Waals surface area contributed by atoms with Crippen LogP contribution in [0.2, 0.25) is 0 Å². The number of nitrogens with zero attached hydrogens (tertiary/aromatic N) is 2. The summed E-state index contributed by atoms with van der Waals surface area (Å²) in [6.07, 6.45) is 4.11. The van der Waals surface area contributed by atoms with Gasteiger partial charge in [0.2, 0.25) is 10.0 Å². The fraction of sp³-hybridized carbons (Fsp3) is 0.481. The number of rotatable bonds is 5. The Labute approximate surface area is 202 Å². The second-order valence-electron chi connectivity index (χ2n) is 9.50. The maximum absolute atomic E-state index is 13.6. The van der Waals surface area contributed by atoms with Crippen molar-refractivity contribution in [3.05, 3.63) is 59.7 Å². The number of fused-ring (bicyclic) bond motifs is 1. The van der Waals surface area contributed by atoms with E-state index in [4.69, 9.17) is 4.74 Å². The van der Waals surface area contributed by atoms with Gasteiger partial charge in [0.05, 0.1) is 18.6 Å². The molecule has 2 aromatic carbocycles. The molecule has 6 nitrogen and oxygen atoms in total. The summed E-state index contributed by atoms with van der Waals surface area (Å²) in [5, 5.41) is 10.2. The molecule has 5 rings (SSSR count). The standard InChI is InChI=1S/C27H32N2O4S/c1-33-23-5-4-6-24(17-23)34(31,32)28-15-2-3-16-29-25(18-28)27(26(29)19-30)22-13-11-21(12-14-22)10-9-20-7-8-20/h4-6,11-14,17,20,25-27,30H,2-3,7-8,15-16,18-19H2,1H3/t25-,26-,27-/m1/s1. The minimum Gasteiger partial charge on any atom is -0.497 e. The number of sulfonamides is 1. The highest BCUT2D eigenvalue weighted by molar-refractivity contribution is 7.89. The van der Waals surface area contributed by atoms with E-state index >= 15 is 0 Å². The SMILES string of the molecule is COc1cccc(S(=O)(=O)N2CCCCN3[C@H](CO)[C@H](c4ccc(C#CC5CC5)cc4)[C@H]3C2)c1. The molecule has 0 spiro atoms. The highest BCUT2D eigenvalue weighted by Crippen LogP contribution is 2.42. The number of ether oxygens (including phenoxy) is 1. The van der Waals surface area contributed by atoms with E-state index in [1.807, 2.05) is 0 Å². The zero-order chi connectivity index (χ0) is 23.7. The van der Waals surface area contributed by atoms with Crippen LogP contribution in [0.1, 0.15) is 42.7 Å².